The highest BCUT2D eigenvalue weighted by atomic mass is 16.6. The van der Waals surface area contributed by atoms with Crippen LogP contribution < -0.4 is 5.32 Å². The fourth-order valence-corrected chi connectivity index (χ4v) is 1.71. The number of carbonyl (C=O) groups excluding carboxylic acids is 1. The number of nitrogens with one attached hydrogen (secondary N) is 1. The van der Waals surface area contributed by atoms with Crippen LogP contribution in [-0.4, -0.2) is 16.8 Å². The van der Waals surface area contributed by atoms with E-state index in [-0.39, 0.29) is 6.61 Å². The Morgan fingerprint density at radius 1 is 1.42 bits per heavy atom. The number of benzene rings is 1. The molecule has 5 heteroatoms. The van der Waals surface area contributed by atoms with Gasteiger partial charge in [0.15, 0.2) is 0 Å². The number of carbonyl (C=O) groups is 1. The Kier molecular flexibility index (Phi) is 3.48. The van der Waals surface area contributed by atoms with Crippen molar-refractivity contribution >= 4 is 22.7 Å². The number of ether oxygens (including phenoxy) is 1. The normalized spacial score (nSPS) is 11.6. The molecular weight excluding hydrogens is 246 g/mol. The average molecular weight is 263 g/mol. The average Bonchev–Trinajstić information content (AvgIpc) is 2.70. The van der Waals surface area contributed by atoms with Gasteiger partial charge in [0.1, 0.15) is 23.6 Å². The van der Waals surface area contributed by atoms with Crippen molar-refractivity contribution < 1.29 is 19.1 Å². The molecule has 0 aliphatic heterocycles. The molecule has 1 aromatic heterocycles. The lowest BCUT2D eigenvalue weighted by Crippen LogP contribution is -2.27. The molecule has 0 spiro atoms. The minimum Gasteiger partial charge on any atom is -0.459 e. The summed E-state index contributed by atoms with van der Waals surface area (Å²) in [5.41, 5.74) is 0.651. The molecule has 0 saturated heterocycles. The molecule has 2 aromatic rings. The molecule has 1 amide bonds. The Morgan fingerprint density at radius 2 is 2.16 bits per heavy atom. The molecule has 5 nitrogen and oxygen atoms in total. The monoisotopic (exact) mass is 263 g/mol. The molecule has 2 rings (SSSR count). The summed E-state index contributed by atoms with van der Waals surface area (Å²) in [6.07, 6.45) is -0.522. The van der Waals surface area contributed by atoms with Crippen molar-refractivity contribution in [2.75, 3.05) is 5.32 Å². The van der Waals surface area contributed by atoms with Crippen molar-refractivity contribution in [2.24, 2.45) is 0 Å². The van der Waals surface area contributed by atoms with Gasteiger partial charge in [0.05, 0.1) is 5.69 Å². The molecule has 0 radical (unpaired) electrons. The summed E-state index contributed by atoms with van der Waals surface area (Å²) < 4.78 is 10.6. The summed E-state index contributed by atoms with van der Waals surface area (Å²) >= 11 is 0. The predicted molar refractivity (Wildman–Crippen MR) is 72.0 cm³/mol. The van der Waals surface area contributed by atoms with Crippen LogP contribution >= 0.6 is 0 Å². The summed E-state index contributed by atoms with van der Waals surface area (Å²) in [5, 5.41) is 12.5. The van der Waals surface area contributed by atoms with Crippen molar-refractivity contribution in [1.29, 1.82) is 0 Å². The van der Waals surface area contributed by atoms with Crippen LogP contribution in [0.15, 0.2) is 28.7 Å². The van der Waals surface area contributed by atoms with E-state index < -0.39 is 11.7 Å². The highest BCUT2D eigenvalue weighted by molar-refractivity contribution is 5.98. The van der Waals surface area contributed by atoms with Crippen LogP contribution in [0.3, 0.4) is 0 Å². The van der Waals surface area contributed by atoms with Gasteiger partial charge in [-0.1, -0.05) is 6.07 Å². The summed E-state index contributed by atoms with van der Waals surface area (Å²) in [5.74, 6) is 0.452. The van der Waals surface area contributed by atoms with Gasteiger partial charge in [0.2, 0.25) is 0 Å². The van der Waals surface area contributed by atoms with Crippen molar-refractivity contribution in [2.45, 2.75) is 33.0 Å². The third-order valence-corrected chi connectivity index (χ3v) is 2.40. The molecule has 0 fully saturated rings. The van der Waals surface area contributed by atoms with Gasteiger partial charge in [0.25, 0.3) is 0 Å². The van der Waals surface area contributed by atoms with Crippen LogP contribution in [0, 0.1) is 0 Å². The lowest BCUT2D eigenvalue weighted by atomic mass is 10.2. The van der Waals surface area contributed by atoms with E-state index in [0.29, 0.717) is 17.0 Å². The fraction of sp³-hybridized carbons (Fsp3) is 0.357. The lowest BCUT2D eigenvalue weighted by molar-refractivity contribution is 0.0636. The third-order valence-electron chi connectivity index (χ3n) is 2.40. The van der Waals surface area contributed by atoms with E-state index in [1.54, 1.807) is 45.0 Å². The number of hydrogen-bond acceptors (Lipinski definition) is 4. The molecule has 0 bridgehead atoms. The van der Waals surface area contributed by atoms with E-state index in [1.807, 2.05) is 0 Å². The van der Waals surface area contributed by atoms with Gasteiger partial charge in [-0.3, -0.25) is 5.32 Å². The van der Waals surface area contributed by atoms with Crippen LogP contribution in [0.1, 0.15) is 26.5 Å². The van der Waals surface area contributed by atoms with Gasteiger partial charge >= 0.3 is 6.09 Å². The Hall–Kier alpha value is -2.01. The van der Waals surface area contributed by atoms with Crippen LogP contribution in [0.25, 0.3) is 11.0 Å². The minimum absolute atomic E-state index is 0.180. The SMILES string of the molecule is CC(C)(C)OC(=O)Nc1cccc2oc(CO)cc12. The zero-order valence-electron chi connectivity index (χ0n) is 11.2. The van der Waals surface area contributed by atoms with Gasteiger partial charge in [-0.05, 0) is 39.0 Å². The van der Waals surface area contributed by atoms with Gasteiger partial charge < -0.3 is 14.3 Å². The molecular formula is C14H17NO4. The first-order valence-corrected chi connectivity index (χ1v) is 6.01. The van der Waals surface area contributed by atoms with Gasteiger partial charge in [-0.15, -0.1) is 0 Å². The number of rotatable bonds is 2. The molecule has 19 heavy (non-hydrogen) atoms. The number of aliphatic hydroxyl groups is 1. The molecule has 0 atom stereocenters. The first kappa shape index (κ1) is 13.4. The Bertz CT molecular complexity index is 595. The Morgan fingerprint density at radius 3 is 2.79 bits per heavy atom. The molecule has 2 N–H and O–H groups in total. The van der Waals surface area contributed by atoms with Gasteiger partial charge in [-0.2, -0.15) is 0 Å². The Labute approximate surface area is 111 Å². The van der Waals surface area contributed by atoms with Crippen LogP contribution in [0.5, 0.6) is 0 Å². The number of hydrogen-bond donors (Lipinski definition) is 2. The Balaban J connectivity index is 2.25. The maximum absolute atomic E-state index is 11.7. The standard InChI is InChI=1S/C14H17NO4/c1-14(2,3)19-13(17)15-11-5-4-6-12-10(11)7-9(8-16)18-12/h4-7,16H,8H2,1-3H3,(H,15,17). The number of amides is 1. The molecule has 1 heterocycles. The van der Waals surface area contributed by atoms with Crippen molar-refractivity contribution in [3.05, 3.63) is 30.0 Å². The zero-order chi connectivity index (χ0) is 14.0. The second-order valence-electron chi connectivity index (χ2n) is 5.22. The first-order valence-electron chi connectivity index (χ1n) is 6.01. The van der Waals surface area contributed by atoms with E-state index in [1.165, 1.54) is 0 Å². The minimum atomic E-state index is -0.551. The molecule has 0 saturated carbocycles. The molecule has 0 aliphatic carbocycles. The van der Waals surface area contributed by atoms with Gasteiger partial charge in [-0.25, -0.2) is 4.79 Å². The maximum Gasteiger partial charge on any atom is 0.412 e. The first-order chi connectivity index (χ1) is 8.89. The number of furan rings is 1. The van der Waals surface area contributed by atoms with E-state index in [4.69, 9.17) is 14.3 Å². The summed E-state index contributed by atoms with van der Waals surface area (Å²) in [6.45, 7) is 5.22. The topological polar surface area (TPSA) is 71.7 Å². The maximum atomic E-state index is 11.7. The molecule has 102 valence electrons. The van der Waals surface area contributed by atoms with E-state index >= 15 is 0 Å². The highest BCUT2D eigenvalue weighted by Crippen LogP contribution is 2.27. The summed E-state index contributed by atoms with van der Waals surface area (Å²) in [6, 6.07) is 6.99. The van der Waals surface area contributed by atoms with E-state index in [9.17, 15) is 4.79 Å². The summed E-state index contributed by atoms with van der Waals surface area (Å²) in [4.78, 5) is 11.7. The van der Waals surface area contributed by atoms with Crippen molar-refractivity contribution in [1.82, 2.24) is 0 Å². The van der Waals surface area contributed by atoms with Crippen LogP contribution in [-0.2, 0) is 11.3 Å². The zero-order valence-corrected chi connectivity index (χ0v) is 11.2. The van der Waals surface area contributed by atoms with E-state index in [0.717, 1.165) is 5.39 Å². The van der Waals surface area contributed by atoms with Crippen molar-refractivity contribution in [3.8, 4) is 0 Å². The highest BCUT2D eigenvalue weighted by Gasteiger charge is 2.17. The number of aliphatic hydroxyl groups excluding tert-OH is 1. The fourth-order valence-electron chi connectivity index (χ4n) is 1.71. The predicted octanol–water partition coefficient (Wildman–Crippen LogP) is 3.27. The molecule has 0 unspecified atom stereocenters. The number of anilines is 1. The second-order valence-corrected chi connectivity index (χ2v) is 5.22. The quantitative estimate of drug-likeness (QED) is 0.872. The molecule has 1 aromatic carbocycles. The largest absolute Gasteiger partial charge is 0.459 e. The van der Waals surface area contributed by atoms with E-state index in [2.05, 4.69) is 5.32 Å². The van der Waals surface area contributed by atoms with Crippen LogP contribution in [0.4, 0.5) is 10.5 Å². The third kappa shape index (κ3) is 3.26. The van der Waals surface area contributed by atoms with Gasteiger partial charge in [0, 0.05) is 5.39 Å². The summed E-state index contributed by atoms with van der Waals surface area (Å²) in [7, 11) is 0. The smallest absolute Gasteiger partial charge is 0.412 e. The lowest BCUT2D eigenvalue weighted by Gasteiger charge is -2.19. The number of fused-ring (bicyclic) bond motifs is 1. The van der Waals surface area contributed by atoms with Crippen molar-refractivity contribution in [3.63, 3.8) is 0 Å². The van der Waals surface area contributed by atoms with Crippen LogP contribution in [0.2, 0.25) is 0 Å². The molecule has 0 aliphatic rings. The second kappa shape index (κ2) is 4.93.